The highest BCUT2D eigenvalue weighted by Gasteiger charge is 2.24. The van der Waals surface area contributed by atoms with Crippen molar-refractivity contribution in [3.8, 4) is 203 Å². The van der Waals surface area contributed by atoms with Crippen LogP contribution in [0.1, 0.15) is 0 Å². The van der Waals surface area contributed by atoms with Crippen molar-refractivity contribution in [3.63, 3.8) is 0 Å². The fourth-order valence-electron chi connectivity index (χ4n) is 19.7. The summed E-state index contributed by atoms with van der Waals surface area (Å²) in [7, 11) is 0. The average molecular weight is 1920 g/mol. The van der Waals surface area contributed by atoms with Gasteiger partial charge in [-0.3, -0.25) is 9.97 Å². The molecular weight excluding hydrogens is 1830 g/mol. The smallest absolute Gasteiger partial charge is 0.182 e. The lowest BCUT2D eigenvalue weighted by Gasteiger charge is -2.14. The van der Waals surface area contributed by atoms with E-state index >= 15 is 0 Å². The molecule has 27 rings (SSSR count). The Morgan fingerprint density at radius 3 is 0.593 bits per heavy atom. The van der Waals surface area contributed by atoms with Gasteiger partial charge in [-0.05, 0) is 196 Å². The molecule has 0 fully saturated rings. The van der Waals surface area contributed by atoms with Crippen LogP contribution in [0.5, 0.6) is 0 Å². The molecule has 0 aliphatic rings. The molecule has 702 valence electrons. The van der Waals surface area contributed by atoms with Gasteiger partial charge in [-0.15, -0.1) is 0 Å². The summed E-state index contributed by atoms with van der Waals surface area (Å²) in [4.78, 5) is 69.7. The van der Waals surface area contributed by atoms with Crippen LogP contribution in [0.4, 0.5) is 0 Å². The highest BCUT2D eigenvalue weighted by Crippen LogP contribution is 2.45. The van der Waals surface area contributed by atoms with Gasteiger partial charge in [0, 0.05) is 84.2 Å². The molecule has 0 N–H and O–H groups in total. The highest BCUT2D eigenvalue weighted by molar-refractivity contribution is 6.17. The first-order valence-corrected chi connectivity index (χ1v) is 49.9. The summed E-state index contributed by atoms with van der Waals surface area (Å²) >= 11 is 0. The minimum absolute atomic E-state index is 0.494. The molecule has 0 aliphatic carbocycles. The molecule has 0 saturated heterocycles. The molecule has 0 amide bonds. The number of hydrogen-bond donors (Lipinski definition) is 0. The third-order valence-electron chi connectivity index (χ3n) is 27.0. The van der Waals surface area contributed by atoms with E-state index in [0.29, 0.717) is 63.8 Å². The van der Waals surface area contributed by atoms with Crippen molar-refractivity contribution in [3.05, 3.63) is 534 Å². The van der Waals surface area contributed by atoms with Gasteiger partial charge in [-0.2, -0.15) is 0 Å². The second-order valence-electron chi connectivity index (χ2n) is 36.6. The third kappa shape index (κ3) is 19.0. The number of aromatic nitrogens is 14. The van der Waals surface area contributed by atoms with Crippen molar-refractivity contribution in [1.82, 2.24) is 69.8 Å². The molecule has 0 bridgehead atoms. The van der Waals surface area contributed by atoms with Crippen molar-refractivity contribution >= 4 is 65.0 Å². The largest absolute Gasteiger partial charge is 0.253 e. The van der Waals surface area contributed by atoms with E-state index in [1.165, 1.54) is 26.9 Å². The zero-order valence-corrected chi connectivity index (χ0v) is 81.1. The van der Waals surface area contributed by atoms with E-state index in [0.717, 1.165) is 178 Å². The van der Waals surface area contributed by atoms with Crippen LogP contribution in [0.2, 0.25) is 0 Å². The van der Waals surface area contributed by atoms with E-state index in [2.05, 4.69) is 410 Å². The normalized spacial score (nSPS) is 11.2. The predicted octanol–water partition coefficient (Wildman–Crippen LogP) is 33.5. The third-order valence-corrected chi connectivity index (χ3v) is 27.0. The Kier molecular flexibility index (Phi) is 24.9. The fraction of sp³-hybridized carbons (Fsp3) is 0. The Bertz CT molecular complexity index is 9520. The van der Waals surface area contributed by atoms with Gasteiger partial charge in [-0.25, -0.2) is 59.8 Å². The number of hydrogen-bond acceptors (Lipinski definition) is 14. The summed E-state index contributed by atoms with van der Waals surface area (Å²) in [6.45, 7) is 0. The van der Waals surface area contributed by atoms with Crippen LogP contribution >= 0.6 is 0 Å². The summed E-state index contributed by atoms with van der Waals surface area (Å²) in [5, 5.41) is 10.4. The van der Waals surface area contributed by atoms with E-state index in [4.69, 9.17) is 59.8 Å². The Morgan fingerprint density at radius 2 is 0.320 bits per heavy atom. The molecule has 27 aromatic rings. The standard InChI is InChI=1S/C52H34N4.C46H30N4.C38H24N6/c1-4-15-35(16-5-1)39-22-12-25-42(31-39)50-54-51(43-26-13-23-40(32-43)36-17-6-2-7-18-36)56-52(55-50)44-27-14-24-41(33-44)46-34-48(38-20-8-3-9-21-38)53-47-30-29-37-19-10-11-28-45(37)49(46)47;1-4-14-31(15-5-1)35-21-12-23-37(28-35)45-48-44(34-19-8-3-9-20-34)49-46(50-45)38-24-13-22-36(29-38)40-30-42(33-17-6-2-7-18-33)47-41-27-26-32-16-10-11-25-39(32)43(40)41;1-2-12-26(13-3-1)34-24-30(35-29-16-5-4-11-25(29)19-20-31(35)41-34)27-14-10-15-28(23-27)36-42-37(32-17-6-8-21-39-32)44-38(43-36)33-18-7-9-22-40-33/h1-34H;1-30H;1-24H. The minimum atomic E-state index is 0.494. The van der Waals surface area contributed by atoms with Crippen molar-refractivity contribution in [2.45, 2.75) is 0 Å². The van der Waals surface area contributed by atoms with Crippen LogP contribution in [0.3, 0.4) is 0 Å². The zero-order chi connectivity index (χ0) is 99.8. The van der Waals surface area contributed by atoms with E-state index in [-0.39, 0.29) is 0 Å². The molecule has 0 radical (unpaired) electrons. The highest BCUT2D eigenvalue weighted by atomic mass is 15.1. The monoisotopic (exact) mass is 1920 g/mol. The van der Waals surface area contributed by atoms with Crippen LogP contribution in [-0.2, 0) is 0 Å². The molecular formula is C136H88N14. The van der Waals surface area contributed by atoms with Gasteiger partial charge < -0.3 is 0 Å². The molecule has 0 atom stereocenters. The maximum Gasteiger partial charge on any atom is 0.182 e. The summed E-state index contributed by atoms with van der Waals surface area (Å²) in [6.07, 6.45) is 3.48. The van der Waals surface area contributed by atoms with Gasteiger partial charge in [-0.1, -0.05) is 425 Å². The molecule has 14 nitrogen and oxygen atoms in total. The first-order chi connectivity index (χ1) is 74.3. The van der Waals surface area contributed by atoms with E-state index in [1.807, 2.05) is 121 Å². The van der Waals surface area contributed by atoms with E-state index in [9.17, 15) is 0 Å². The predicted molar refractivity (Wildman–Crippen MR) is 611 cm³/mol. The van der Waals surface area contributed by atoms with E-state index in [1.54, 1.807) is 12.4 Å². The zero-order valence-electron chi connectivity index (χ0n) is 81.1. The molecule has 0 saturated carbocycles. The number of nitrogens with zero attached hydrogens (tertiary/aromatic N) is 14. The minimum Gasteiger partial charge on any atom is -0.253 e. The second-order valence-corrected chi connectivity index (χ2v) is 36.6. The Balaban J connectivity index is 0.000000117. The topological polar surface area (TPSA) is 180 Å². The summed E-state index contributed by atoms with van der Waals surface area (Å²) in [6, 6.07) is 179. The van der Waals surface area contributed by atoms with Gasteiger partial charge in [0.1, 0.15) is 11.4 Å². The summed E-state index contributed by atoms with van der Waals surface area (Å²) < 4.78 is 0. The van der Waals surface area contributed by atoms with Crippen LogP contribution in [0, 0.1) is 0 Å². The van der Waals surface area contributed by atoms with Crippen LogP contribution in [0.15, 0.2) is 534 Å². The van der Waals surface area contributed by atoms with Gasteiger partial charge in [0.15, 0.2) is 52.4 Å². The number of fused-ring (bicyclic) bond motifs is 9. The lowest BCUT2D eigenvalue weighted by atomic mass is 9.93. The first-order valence-electron chi connectivity index (χ1n) is 49.9. The number of rotatable bonds is 18. The Hall–Kier alpha value is -20.5. The SMILES string of the molecule is c1ccc(-c2cc(-c3cccc(-c4nc(-c5ccccn5)nc(-c5ccccn5)n4)c3)c3c(ccc4ccccc43)n2)cc1.c1ccc(-c2cccc(-c3nc(-c4cccc(-c5ccccc5)c4)nc(-c4cccc(-c5cc(-c6ccccc6)nc6ccc7ccccc7c56)c4)n3)c2)cc1.c1ccc(-c2cccc(-c3nc(-c4ccccc4)nc(-c4cccc(-c5cc(-c6ccccc6)nc6ccc7ccccc7c56)c4)n3)c2)cc1. The molecule has 0 aliphatic heterocycles. The fourth-order valence-corrected chi connectivity index (χ4v) is 19.7. The number of benzene rings is 19. The van der Waals surface area contributed by atoms with Crippen molar-refractivity contribution in [2.24, 2.45) is 0 Å². The molecule has 150 heavy (non-hydrogen) atoms. The van der Waals surface area contributed by atoms with Gasteiger partial charge in [0.2, 0.25) is 0 Å². The molecule has 0 spiro atoms. The second kappa shape index (κ2) is 41.1. The molecule has 14 heteroatoms. The summed E-state index contributed by atoms with van der Waals surface area (Å²) in [5.41, 5.74) is 29.8. The molecule has 8 aromatic heterocycles. The van der Waals surface area contributed by atoms with Crippen molar-refractivity contribution in [1.29, 1.82) is 0 Å². The Labute approximate surface area is 866 Å². The lowest BCUT2D eigenvalue weighted by Crippen LogP contribution is -2.02. The first kappa shape index (κ1) is 90.8. The van der Waals surface area contributed by atoms with Crippen LogP contribution in [0.25, 0.3) is 268 Å². The van der Waals surface area contributed by atoms with Gasteiger partial charge in [0.25, 0.3) is 0 Å². The molecule has 8 heterocycles. The van der Waals surface area contributed by atoms with Crippen LogP contribution in [-0.4, -0.2) is 69.8 Å². The Morgan fingerprint density at radius 1 is 0.113 bits per heavy atom. The quantitative estimate of drug-likeness (QED) is 0.0740. The van der Waals surface area contributed by atoms with Crippen molar-refractivity contribution in [2.75, 3.05) is 0 Å². The molecule has 0 unspecified atom stereocenters. The number of pyridine rings is 5. The van der Waals surface area contributed by atoms with E-state index < -0.39 is 0 Å². The molecule has 19 aromatic carbocycles. The lowest BCUT2D eigenvalue weighted by molar-refractivity contribution is 1.05. The van der Waals surface area contributed by atoms with Gasteiger partial charge >= 0.3 is 0 Å². The van der Waals surface area contributed by atoms with Gasteiger partial charge in [0.05, 0.1) is 33.6 Å². The summed E-state index contributed by atoms with van der Waals surface area (Å²) in [5.74, 6) is 5.25. The maximum absolute atomic E-state index is 5.19. The van der Waals surface area contributed by atoms with Crippen molar-refractivity contribution < 1.29 is 0 Å². The average Bonchev–Trinajstić information content (AvgIpc) is 0.754. The maximum atomic E-state index is 5.19. The van der Waals surface area contributed by atoms with Crippen LogP contribution < -0.4 is 0 Å².